The van der Waals surface area contributed by atoms with Crippen LogP contribution in [0.1, 0.15) is 44.9 Å². The van der Waals surface area contributed by atoms with Gasteiger partial charge in [0.05, 0.1) is 6.61 Å². The third-order valence-corrected chi connectivity index (χ3v) is 6.41. The highest BCUT2D eigenvalue weighted by Gasteiger charge is 2.39. The second kappa shape index (κ2) is 6.17. The Morgan fingerprint density at radius 1 is 0.857 bits per heavy atom. The van der Waals surface area contributed by atoms with Crippen LogP contribution in [0.4, 0.5) is 0 Å². The van der Waals surface area contributed by atoms with Gasteiger partial charge in [0.15, 0.2) is 0 Å². The highest BCUT2D eigenvalue weighted by atomic mass is 16.5. The molecule has 21 heavy (non-hydrogen) atoms. The van der Waals surface area contributed by atoms with Gasteiger partial charge in [-0.3, -0.25) is 0 Å². The van der Waals surface area contributed by atoms with Crippen LogP contribution in [-0.2, 0) is 4.74 Å². The van der Waals surface area contributed by atoms with Gasteiger partial charge in [0.25, 0.3) is 0 Å². The molecule has 1 atom stereocenters. The number of hydrogen-bond donors (Lipinski definition) is 0. The van der Waals surface area contributed by atoms with Crippen LogP contribution in [0.5, 0.6) is 0 Å². The third kappa shape index (κ3) is 3.62. The topological polar surface area (TPSA) is 15.7 Å². The molecule has 1 unspecified atom stereocenters. The average Bonchev–Trinajstić information content (AvgIpc) is 3.16. The van der Waals surface area contributed by atoms with Crippen LogP contribution in [0.3, 0.4) is 0 Å². The lowest BCUT2D eigenvalue weighted by molar-refractivity contribution is 0.0162. The van der Waals surface area contributed by atoms with E-state index in [0.29, 0.717) is 5.41 Å². The first kappa shape index (κ1) is 14.5. The fraction of sp³-hybridized carbons (Fsp3) is 1.00. The van der Waals surface area contributed by atoms with E-state index in [1.807, 2.05) is 0 Å². The first-order valence-corrected chi connectivity index (χ1v) is 9.34. The van der Waals surface area contributed by atoms with Gasteiger partial charge < -0.3 is 14.5 Å². The minimum atomic E-state index is 0.664. The summed E-state index contributed by atoms with van der Waals surface area (Å²) in [7, 11) is 0. The SMILES string of the molecule is C1CN(CC2CCOC2)CC2(C1)CCN(CC1CC1)CC2. The van der Waals surface area contributed by atoms with Crippen LogP contribution < -0.4 is 0 Å². The van der Waals surface area contributed by atoms with Crippen molar-refractivity contribution in [3.05, 3.63) is 0 Å². The molecule has 3 aliphatic heterocycles. The molecule has 4 aliphatic rings. The molecule has 0 N–H and O–H groups in total. The van der Waals surface area contributed by atoms with Crippen LogP contribution >= 0.6 is 0 Å². The maximum absolute atomic E-state index is 5.56. The number of likely N-dealkylation sites (tertiary alicyclic amines) is 2. The van der Waals surface area contributed by atoms with E-state index in [9.17, 15) is 0 Å². The molecular weight excluding hydrogens is 260 g/mol. The number of piperidine rings is 2. The van der Waals surface area contributed by atoms with Crippen LogP contribution in [0.25, 0.3) is 0 Å². The summed E-state index contributed by atoms with van der Waals surface area (Å²) in [6.07, 6.45) is 10.1. The second-order valence-electron chi connectivity index (χ2n) is 8.31. The van der Waals surface area contributed by atoms with E-state index in [0.717, 1.165) is 25.0 Å². The molecule has 1 aliphatic carbocycles. The van der Waals surface area contributed by atoms with Crippen molar-refractivity contribution in [1.82, 2.24) is 9.80 Å². The summed E-state index contributed by atoms with van der Waals surface area (Å²) < 4.78 is 5.56. The highest BCUT2D eigenvalue weighted by Crippen LogP contribution is 2.41. The summed E-state index contributed by atoms with van der Waals surface area (Å²) in [5, 5.41) is 0. The monoisotopic (exact) mass is 292 g/mol. The van der Waals surface area contributed by atoms with E-state index in [2.05, 4.69) is 9.80 Å². The van der Waals surface area contributed by atoms with Gasteiger partial charge in [-0.05, 0) is 81.8 Å². The van der Waals surface area contributed by atoms with Gasteiger partial charge >= 0.3 is 0 Å². The zero-order valence-corrected chi connectivity index (χ0v) is 13.6. The quantitative estimate of drug-likeness (QED) is 0.792. The van der Waals surface area contributed by atoms with Crippen molar-refractivity contribution in [2.45, 2.75) is 44.9 Å². The fourth-order valence-electron chi connectivity index (χ4n) is 4.84. The number of hydrogen-bond acceptors (Lipinski definition) is 3. The maximum Gasteiger partial charge on any atom is 0.0507 e. The molecule has 4 rings (SSSR count). The molecule has 0 radical (unpaired) electrons. The van der Waals surface area contributed by atoms with Crippen molar-refractivity contribution in [1.29, 1.82) is 0 Å². The van der Waals surface area contributed by atoms with E-state index in [1.54, 1.807) is 0 Å². The largest absolute Gasteiger partial charge is 0.381 e. The molecular formula is C18H32N2O. The molecule has 1 spiro atoms. The molecule has 0 amide bonds. The lowest BCUT2D eigenvalue weighted by atomic mass is 9.72. The van der Waals surface area contributed by atoms with Crippen LogP contribution in [0.2, 0.25) is 0 Å². The van der Waals surface area contributed by atoms with Crippen molar-refractivity contribution in [2.24, 2.45) is 17.3 Å². The van der Waals surface area contributed by atoms with Crippen LogP contribution in [0, 0.1) is 17.3 Å². The van der Waals surface area contributed by atoms with Gasteiger partial charge in [-0.25, -0.2) is 0 Å². The van der Waals surface area contributed by atoms with Crippen molar-refractivity contribution < 1.29 is 4.74 Å². The zero-order valence-electron chi connectivity index (χ0n) is 13.6. The minimum Gasteiger partial charge on any atom is -0.381 e. The van der Waals surface area contributed by atoms with Crippen molar-refractivity contribution in [3.63, 3.8) is 0 Å². The number of rotatable bonds is 4. The predicted molar refractivity (Wildman–Crippen MR) is 85.4 cm³/mol. The lowest BCUT2D eigenvalue weighted by Crippen LogP contribution is -2.50. The summed E-state index contributed by atoms with van der Waals surface area (Å²) in [5.41, 5.74) is 0.664. The van der Waals surface area contributed by atoms with Gasteiger partial charge in [-0.1, -0.05) is 0 Å². The van der Waals surface area contributed by atoms with Gasteiger partial charge in [0, 0.05) is 26.2 Å². The normalized spacial score (nSPS) is 34.6. The lowest BCUT2D eigenvalue weighted by Gasteiger charge is -2.48. The predicted octanol–water partition coefficient (Wildman–Crippen LogP) is 2.61. The molecule has 0 aromatic heterocycles. The molecule has 4 fully saturated rings. The fourth-order valence-corrected chi connectivity index (χ4v) is 4.84. The Kier molecular flexibility index (Phi) is 4.25. The smallest absolute Gasteiger partial charge is 0.0507 e. The summed E-state index contributed by atoms with van der Waals surface area (Å²) >= 11 is 0. The van der Waals surface area contributed by atoms with Crippen LogP contribution in [0.15, 0.2) is 0 Å². The first-order valence-electron chi connectivity index (χ1n) is 9.34. The molecule has 1 saturated carbocycles. The van der Waals surface area contributed by atoms with Crippen molar-refractivity contribution in [3.8, 4) is 0 Å². The van der Waals surface area contributed by atoms with E-state index in [-0.39, 0.29) is 0 Å². The van der Waals surface area contributed by atoms with Gasteiger partial charge in [0.2, 0.25) is 0 Å². The molecule has 120 valence electrons. The molecule has 0 bridgehead atoms. The van der Waals surface area contributed by atoms with Gasteiger partial charge in [-0.15, -0.1) is 0 Å². The molecule has 0 aromatic carbocycles. The average molecular weight is 292 g/mol. The Labute approximate surface area is 130 Å². The Bertz CT molecular complexity index is 341. The summed E-state index contributed by atoms with van der Waals surface area (Å²) in [6, 6.07) is 0. The number of nitrogens with zero attached hydrogens (tertiary/aromatic N) is 2. The van der Waals surface area contributed by atoms with Gasteiger partial charge in [0.1, 0.15) is 0 Å². The van der Waals surface area contributed by atoms with E-state index in [4.69, 9.17) is 4.74 Å². The van der Waals surface area contributed by atoms with E-state index < -0.39 is 0 Å². The zero-order chi connectivity index (χ0) is 14.1. The molecule has 3 saturated heterocycles. The molecule has 3 nitrogen and oxygen atoms in total. The molecule has 3 heterocycles. The van der Waals surface area contributed by atoms with Crippen molar-refractivity contribution in [2.75, 3.05) is 52.5 Å². The second-order valence-corrected chi connectivity index (χ2v) is 8.31. The first-order chi connectivity index (χ1) is 10.3. The summed E-state index contributed by atoms with van der Waals surface area (Å²) in [5.74, 6) is 1.87. The third-order valence-electron chi connectivity index (χ3n) is 6.41. The summed E-state index contributed by atoms with van der Waals surface area (Å²) in [6.45, 7) is 10.2. The number of ether oxygens (including phenoxy) is 1. The van der Waals surface area contributed by atoms with E-state index in [1.165, 1.54) is 84.2 Å². The molecule has 0 aromatic rings. The highest BCUT2D eigenvalue weighted by molar-refractivity contribution is 4.93. The Morgan fingerprint density at radius 2 is 1.67 bits per heavy atom. The Balaban J connectivity index is 1.28. The van der Waals surface area contributed by atoms with E-state index >= 15 is 0 Å². The van der Waals surface area contributed by atoms with Gasteiger partial charge in [-0.2, -0.15) is 0 Å². The maximum atomic E-state index is 5.56. The van der Waals surface area contributed by atoms with Crippen molar-refractivity contribution >= 4 is 0 Å². The van der Waals surface area contributed by atoms with Crippen LogP contribution in [-0.4, -0.2) is 62.3 Å². The molecule has 3 heteroatoms. The Hall–Kier alpha value is -0.120. The Morgan fingerprint density at radius 3 is 2.38 bits per heavy atom. The standard InChI is InChI=1S/C18H32N2O/c1-5-18(6-9-19(10-7-18)12-16-2-3-16)15-20(8-1)13-17-4-11-21-14-17/h16-17H,1-15H2. The summed E-state index contributed by atoms with van der Waals surface area (Å²) in [4.78, 5) is 5.53. The minimum absolute atomic E-state index is 0.664.